The maximum atomic E-state index is 12.1. The molecule has 22 heavy (non-hydrogen) atoms. The molecule has 8 heteroatoms. The van der Waals surface area contributed by atoms with Crippen LogP contribution in [0.5, 0.6) is 0 Å². The minimum absolute atomic E-state index is 0. The number of nitrogens with zero attached hydrogens (tertiary/aromatic N) is 1. The molecule has 1 aromatic carbocycles. The van der Waals surface area contributed by atoms with E-state index in [-0.39, 0.29) is 24.1 Å². The van der Waals surface area contributed by atoms with Crippen molar-refractivity contribution >= 4 is 44.1 Å². The molecule has 0 bridgehead atoms. The number of hydrogen-bond donors (Lipinski definition) is 1. The van der Waals surface area contributed by atoms with Gasteiger partial charge in [0.2, 0.25) is 5.91 Å². The molecule has 2 rings (SSSR count). The maximum absolute atomic E-state index is 12.1. The molecule has 0 radical (unpaired) electrons. The van der Waals surface area contributed by atoms with Crippen molar-refractivity contribution in [2.45, 2.75) is 12.2 Å². The summed E-state index contributed by atoms with van der Waals surface area (Å²) in [6.45, 7) is 2.79. The van der Waals surface area contributed by atoms with Gasteiger partial charge in [0.25, 0.3) is 0 Å². The van der Waals surface area contributed by atoms with Gasteiger partial charge in [0.05, 0.1) is 5.75 Å². The zero-order chi connectivity index (χ0) is 15.3. The number of carbonyl (C=O) groups excluding carboxylic acids is 1. The molecule has 5 nitrogen and oxygen atoms in total. The monoisotopic (exact) mass is 410 g/mol. The highest BCUT2D eigenvalue weighted by molar-refractivity contribution is 9.10. The van der Waals surface area contributed by atoms with Crippen molar-refractivity contribution in [1.29, 1.82) is 0 Å². The van der Waals surface area contributed by atoms with E-state index in [2.05, 4.69) is 21.2 Å². The van der Waals surface area contributed by atoms with E-state index in [1.165, 1.54) is 0 Å². The van der Waals surface area contributed by atoms with Crippen LogP contribution in [0.2, 0.25) is 0 Å². The molecular weight excluding hydrogens is 392 g/mol. The fourth-order valence-corrected chi connectivity index (χ4v) is 3.89. The number of benzene rings is 1. The Labute approximate surface area is 145 Å². The van der Waals surface area contributed by atoms with Crippen LogP contribution in [0.25, 0.3) is 0 Å². The third kappa shape index (κ3) is 6.24. The first-order valence-corrected chi connectivity index (χ1v) is 9.51. The first-order valence-electron chi connectivity index (χ1n) is 6.90. The summed E-state index contributed by atoms with van der Waals surface area (Å²) >= 11 is 3.31. The summed E-state index contributed by atoms with van der Waals surface area (Å²) in [4.78, 5) is 13.8. The third-order valence-electron chi connectivity index (χ3n) is 3.34. The lowest BCUT2D eigenvalue weighted by molar-refractivity contribution is -0.128. The van der Waals surface area contributed by atoms with Gasteiger partial charge in [-0.1, -0.05) is 28.1 Å². The van der Waals surface area contributed by atoms with Gasteiger partial charge in [0, 0.05) is 24.1 Å². The summed E-state index contributed by atoms with van der Waals surface area (Å²) in [5.74, 6) is -0.808. The van der Waals surface area contributed by atoms with Crippen LogP contribution in [0, 0.1) is 0 Å². The molecule has 1 aliphatic heterocycles. The molecule has 0 unspecified atom stereocenters. The second-order valence-corrected chi connectivity index (χ2v) is 8.12. The number of sulfone groups is 1. The van der Waals surface area contributed by atoms with Gasteiger partial charge in [-0.05, 0) is 30.7 Å². The van der Waals surface area contributed by atoms with Crippen LogP contribution >= 0.6 is 28.3 Å². The van der Waals surface area contributed by atoms with Crippen molar-refractivity contribution in [1.82, 2.24) is 10.2 Å². The second kappa shape index (κ2) is 8.86. The highest BCUT2D eigenvalue weighted by atomic mass is 79.9. The Balaban J connectivity index is 0.00000242. The lowest BCUT2D eigenvalue weighted by atomic mass is 10.2. The second-order valence-electron chi connectivity index (χ2n) is 5.14. The fraction of sp³-hybridized carbons (Fsp3) is 0.500. The van der Waals surface area contributed by atoms with Crippen molar-refractivity contribution in [3.63, 3.8) is 0 Å². The predicted molar refractivity (Wildman–Crippen MR) is 92.9 cm³/mol. The van der Waals surface area contributed by atoms with E-state index in [0.29, 0.717) is 18.7 Å². The largest absolute Gasteiger partial charge is 0.340 e. The summed E-state index contributed by atoms with van der Waals surface area (Å²) < 4.78 is 25.2. The van der Waals surface area contributed by atoms with E-state index >= 15 is 0 Å². The number of halogens is 2. The van der Waals surface area contributed by atoms with E-state index in [1.807, 2.05) is 0 Å². The Morgan fingerprint density at radius 2 is 1.86 bits per heavy atom. The molecule has 1 N–H and O–H groups in total. The minimum atomic E-state index is -3.43. The van der Waals surface area contributed by atoms with Gasteiger partial charge >= 0.3 is 0 Å². The summed E-state index contributed by atoms with van der Waals surface area (Å²) in [6, 6.07) is 7.10. The Morgan fingerprint density at radius 1 is 1.18 bits per heavy atom. The average molecular weight is 412 g/mol. The van der Waals surface area contributed by atoms with E-state index in [4.69, 9.17) is 0 Å². The Kier molecular flexibility index (Phi) is 7.82. The quantitative estimate of drug-likeness (QED) is 0.817. The van der Waals surface area contributed by atoms with Crippen molar-refractivity contribution in [3.8, 4) is 0 Å². The van der Waals surface area contributed by atoms with Crippen molar-refractivity contribution in [3.05, 3.63) is 34.3 Å². The van der Waals surface area contributed by atoms with E-state index < -0.39 is 15.6 Å². The zero-order valence-electron chi connectivity index (χ0n) is 12.1. The number of rotatable bonds is 4. The summed E-state index contributed by atoms with van der Waals surface area (Å²) in [5, 5.41) is 3.19. The first-order chi connectivity index (χ1) is 9.96. The topological polar surface area (TPSA) is 66.5 Å². The first kappa shape index (κ1) is 19.4. The van der Waals surface area contributed by atoms with Gasteiger partial charge in [0.1, 0.15) is 5.75 Å². The molecule has 0 saturated carbocycles. The minimum Gasteiger partial charge on any atom is -0.340 e. The van der Waals surface area contributed by atoms with Crippen LogP contribution in [0.15, 0.2) is 28.7 Å². The van der Waals surface area contributed by atoms with Crippen molar-refractivity contribution < 1.29 is 13.2 Å². The van der Waals surface area contributed by atoms with Crippen LogP contribution in [0.4, 0.5) is 0 Å². The fourth-order valence-electron chi connectivity index (χ4n) is 2.26. The van der Waals surface area contributed by atoms with Crippen LogP contribution in [-0.2, 0) is 20.4 Å². The van der Waals surface area contributed by atoms with Crippen LogP contribution in [0.1, 0.15) is 12.0 Å². The summed E-state index contributed by atoms with van der Waals surface area (Å²) in [7, 11) is -3.43. The molecule has 1 heterocycles. The predicted octanol–water partition coefficient (Wildman–Crippen LogP) is 1.61. The normalized spacial score (nSPS) is 15.8. The number of amides is 1. The zero-order valence-corrected chi connectivity index (χ0v) is 15.3. The Morgan fingerprint density at radius 3 is 2.55 bits per heavy atom. The molecule has 124 valence electrons. The van der Waals surface area contributed by atoms with Crippen LogP contribution < -0.4 is 5.32 Å². The molecule has 0 atom stereocenters. The lowest BCUT2D eigenvalue weighted by Gasteiger charge is -2.19. The van der Waals surface area contributed by atoms with Gasteiger partial charge in [0.15, 0.2) is 9.84 Å². The van der Waals surface area contributed by atoms with Gasteiger partial charge in [-0.25, -0.2) is 8.42 Å². The van der Waals surface area contributed by atoms with Crippen LogP contribution in [0.3, 0.4) is 0 Å². The molecule has 0 aromatic heterocycles. The molecule has 1 saturated heterocycles. The average Bonchev–Trinajstić information content (AvgIpc) is 2.69. The molecule has 1 aromatic rings. The van der Waals surface area contributed by atoms with Crippen LogP contribution in [-0.4, -0.2) is 51.2 Å². The summed E-state index contributed by atoms with van der Waals surface area (Å²) in [5.41, 5.74) is 0.698. The number of nitrogens with one attached hydrogen (secondary N) is 1. The van der Waals surface area contributed by atoms with Crippen molar-refractivity contribution in [2.75, 3.05) is 31.9 Å². The van der Waals surface area contributed by atoms with Gasteiger partial charge in [-0.15, -0.1) is 12.4 Å². The molecule has 0 aliphatic carbocycles. The standard InChI is InChI=1S/C14H19BrN2O3S.ClH/c15-13-4-2-12(3-5-13)10-21(19,20)11-14(18)17-8-1-6-16-7-9-17;/h2-5,16H,1,6-11H2;1H. The lowest BCUT2D eigenvalue weighted by Crippen LogP contribution is -2.38. The smallest absolute Gasteiger partial charge is 0.237 e. The third-order valence-corrected chi connectivity index (χ3v) is 5.32. The van der Waals surface area contributed by atoms with Gasteiger partial charge < -0.3 is 10.2 Å². The van der Waals surface area contributed by atoms with E-state index in [0.717, 1.165) is 24.0 Å². The molecule has 1 amide bonds. The highest BCUT2D eigenvalue weighted by Crippen LogP contribution is 2.13. The molecular formula is C14H20BrClN2O3S. The highest BCUT2D eigenvalue weighted by Gasteiger charge is 2.22. The number of hydrogen-bond acceptors (Lipinski definition) is 4. The molecule has 1 aliphatic rings. The Bertz CT molecular complexity index is 585. The SMILES string of the molecule is Cl.O=C(CS(=O)(=O)Cc1ccc(Br)cc1)N1CCCNCC1. The van der Waals surface area contributed by atoms with Gasteiger partial charge in [-0.2, -0.15) is 0 Å². The van der Waals surface area contributed by atoms with Gasteiger partial charge in [-0.3, -0.25) is 4.79 Å². The molecule has 1 fully saturated rings. The van der Waals surface area contributed by atoms with Crippen molar-refractivity contribution in [2.24, 2.45) is 0 Å². The summed E-state index contributed by atoms with van der Waals surface area (Å²) in [6.07, 6.45) is 0.860. The maximum Gasteiger partial charge on any atom is 0.237 e. The van der Waals surface area contributed by atoms with E-state index in [1.54, 1.807) is 29.2 Å². The number of carbonyl (C=O) groups is 1. The Hall–Kier alpha value is -0.630. The molecule has 0 spiro atoms. The van der Waals surface area contributed by atoms with E-state index in [9.17, 15) is 13.2 Å².